The second kappa shape index (κ2) is 14.8. The summed E-state index contributed by atoms with van der Waals surface area (Å²) < 4.78 is 63.7. The van der Waals surface area contributed by atoms with Crippen LogP contribution in [0.1, 0.15) is 83.8 Å². The first-order valence-corrected chi connectivity index (χ1v) is 20.7. The molecule has 2 N–H and O–H groups in total. The first-order valence-electron chi connectivity index (χ1n) is 17.1. The Morgan fingerprint density at radius 2 is 1.39 bits per heavy atom. The van der Waals surface area contributed by atoms with E-state index in [1.807, 2.05) is 18.2 Å². The Hall–Kier alpha value is -2.89. The predicted octanol–water partition coefficient (Wildman–Crippen LogP) is 8.33. The molecular weight excluding hydrogens is 680 g/mol. The maximum Gasteiger partial charge on any atom is 0.264 e. The number of rotatable bonds is 13. The van der Waals surface area contributed by atoms with Gasteiger partial charge in [-0.1, -0.05) is 93.9 Å². The zero-order valence-electron chi connectivity index (χ0n) is 28.9. The van der Waals surface area contributed by atoms with Crippen LogP contribution < -0.4 is 9.80 Å². The van der Waals surface area contributed by atoms with Crippen LogP contribution in [-0.2, 0) is 31.1 Å². The summed E-state index contributed by atoms with van der Waals surface area (Å²) in [5.74, 6) is -0.489. The van der Waals surface area contributed by atoms with Gasteiger partial charge in [0.25, 0.3) is 20.2 Å². The number of fused-ring (bicyclic) bond motifs is 2. The summed E-state index contributed by atoms with van der Waals surface area (Å²) in [5, 5.41) is 0.764. The molecule has 0 fully saturated rings. The molecule has 1 aliphatic carbocycles. The largest absolute Gasteiger partial charge is 0.364 e. The van der Waals surface area contributed by atoms with Crippen LogP contribution in [0.3, 0.4) is 0 Å². The highest BCUT2D eigenvalue weighted by Gasteiger charge is 2.43. The van der Waals surface area contributed by atoms with Crippen LogP contribution in [0, 0.1) is 0 Å². The molecule has 1 atom stereocenters. The molecule has 0 radical (unpaired) electrons. The molecule has 0 amide bonds. The molecule has 0 saturated heterocycles. The Balaban J connectivity index is 1.40. The van der Waals surface area contributed by atoms with E-state index < -0.39 is 20.2 Å². The number of allylic oxidation sites excluding steroid dienone is 7. The highest BCUT2D eigenvalue weighted by Crippen LogP contribution is 2.48. The highest BCUT2D eigenvalue weighted by atomic mass is 35.5. The minimum Gasteiger partial charge on any atom is -0.364 e. The summed E-state index contributed by atoms with van der Waals surface area (Å²) in [6, 6.07) is 16.7. The van der Waals surface area contributed by atoms with Crippen LogP contribution in [0.2, 0.25) is 0 Å². The fourth-order valence-corrected chi connectivity index (χ4v) is 9.12. The van der Waals surface area contributed by atoms with Gasteiger partial charge in [0.15, 0.2) is 0 Å². The summed E-state index contributed by atoms with van der Waals surface area (Å²) in [6.45, 7) is 10.2. The van der Waals surface area contributed by atoms with Crippen molar-refractivity contribution in [2.75, 3.05) is 34.4 Å². The lowest BCUT2D eigenvalue weighted by Crippen LogP contribution is -2.40. The summed E-state index contributed by atoms with van der Waals surface area (Å²) in [4.78, 5) is 4.61. The van der Waals surface area contributed by atoms with E-state index in [4.69, 9.17) is 11.6 Å². The van der Waals surface area contributed by atoms with Crippen LogP contribution in [0.15, 0.2) is 94.7 Å². The molecule has 1 unspecified atom stereocenters. The standard InChI is InChI=1S/C38H49ClN2O6S2/c1-37(2)30-16-5-7-18-32(30)40(24-9-11-26-48(42,43)44)34(37)22-20-28-14-13-15-29(36(28)39)21-23-35-38(3,4)31-17-6-8-19-33(31)41(35)25-10-12-27-49(45,46)47/h5-8,16-23,34H,9-15,24-27H2,1-4H3,(H,42,43,44)(H,45,46,47)/b22-20+,29-21-,35-23-. The third-order valence-corrected chi connectivity index (χ3v) is 12.3. The van der Waals surface area contributed by atoms with Crippen LogP contribution in [0.4, 0.5) is 11.4 Å². The van der Waals surface area contributed by atoms with Crippen molar-refractivity contribution in [3.63, 3.8) is 0 Å². The third kappa shape index (κ3) is 8.53. The van der Waals surface area contributed by atoms with Gasteiger partial charge >= 0.3 is 0 Å². The number of anilines is 2. The van der Waals surface area contributed by atoms with Crippen molar-refractivity contribution in [2.45, 2.75) is 89.5 Å². The average Bonchev–Trinajstić information content (AvgIpc) is 3.37. The number of halogens is 1. The van der Waals surface area contributed by atoms with Crippen LogP contribution in [0.25, 0.3) is 0 Å². The lowest BCUT2D eigenvalue weighted by Gasteiger charge is -2.33. The Morgan fingerprint density at radius 1 is 0.796 bits per heavy atom. The number of nitrogens with zero attached hydrogens (tertiary/aromatic N) is 2. The number of hydrogen-bond donors (Lipinski definition) is 2. The first-order chi connectivity index (χ1) is 23.0. The maximum absolute atomic E-state index is 11.3. The van der Waals surface area contributed by atoms with E-state index in [1.165, 1.54) is 11.1 Å². The van der Waals surface area contributed by atoms with E-state index in [-0.39, 0.29) is 28.4 Å². The summed E-state index contributed by atoms with van der Waals surface area (Å²) in [5.41, 5.74) is 7.56. The van der Waals surface area contributed by atoms with E-state index >= 15 is 0 Å². The first kappa shape index (κ1) is 37.4. The van der Waals surface area contributed by atoms with Crippen LogP contribution in [-0.4, -0.2) is 56.6 Å². The number of hydrogen-bond acceptors (Lipinski definition) is 6. The fraction of sp³-hybridized carbons (Fsp3) is 0.474. The Labute approximate surface area is 297 Å². The quantitative estimate of drug-likeness (QED) is 0.156. The van der Waals surface area contributed by atoms with Gasteiger partial charge in [0.1, 0.15) is 0 Å². The van der Waals surface area contributed by atoms with Crippen molar-refractivity contribution in [3.05, 3.63) is 106 Å². The average molecular weight is 729 g/mol. The predicted molar refractivity (Wildman–Crippen MR) is 201 cm³/mol. The lowest BCUT2D eigenvalue weighted by molar-refractivity contribution is 0.466. The molecule has 11 heteroatoms. The summed E-state index contributed by atoms with van der Waals surface area (Å²) >= 11 is 7.15. The van der Waals surface area contributed by atoms with Crippen molar-refractivity contribution < 1.29 is 25.9 Å². The summed E-state index contributed by atoms with van der Waals surface area (Å²) in [6.07, 6.45) is 13.4. The van der Waals surface area contributed by atoms with E-state index in [9.17, 15) is 25.9 Å². The van der Waals surface area contributed by atoms with Gasteiger partial charge in [-0.3, -0.25) is 9.11 Å². The molecule has 0 bridgehead atoms. The molecule has 2 aromatic rings. The van der Waals surface area contributed by atoms with Crippen LogP contribution >= 0.6 is 11.6 Å². The van der Waals surface area contributed by atoms with Crippen molar-refractivity contribution in [1.82, 2.24) is 0 Å². The molecule has 2 aliphatic heterocycles. The van der Waals surface area contributed by atoms with E-state index in [1.54, 1.807) is 0 Å². The van der Waals surface area contributed by atoms with Crippen molar-refractivity contribution in [3.8, 4) is 0 Å². The maximum atomic E-state index is 11.3. The van der Waals surface area contributed by atoms with E-state index in [2.05, 4.69) is 92.1 Å². The molecule has 5 rings (SSSR count). The number of benzene rings is 2. The van der Waals surface area contributed by atoms with Gasteiger partial charge in [0.2, 0.25) is 0 Å². The van der Waals surface area contributed by atoms with Gasteiger partial charge < -0.3 is 9.80 Å². The Morgan fingerprint density at radius 3 is 2.04 bits per heavy atom. The molecule has 0 aromatic heterocycles. The molecule has 2 heterocycles. The Kier molecular flexibility index (Phi) is 11.3. The zero-order chi connectivity index (χ0) is 35.6. The summed E-state index contributed by atoms with van der Waals surface area (Å²) in [7, 11) is -7.99. The third-order valence-electron chi connectivity index (χ3n) is 10.2. The number of para-hydroxylation sites is 2. The highest BCUT2D eigenvalue weighted by molar-refractivity contribution is 7.86. The van der Waals surface area contributed by atoms with Gasteiger partial charge in [0.05, 0.1) is 17.5 Å². The molecule has 2 aromatic carbocycles. The molecule has 8 nitrogen and oxygen atoms in total. The van der Waals surface area contributed by atoms with Gasteiger partial charge in [0, 0.05) is 46.0 Å². The van der Waals surface area contributed by atoms with Crippen molar-refractivity contribution >= 4 is 43.2 Å². The molecular formula is C38H49ClN2O6S2. The van der Waals surface area contributed by atoms with E-state index in [0.717, 1.165) is 52.5 Å². The van der Waals surface area contributed by atoms with Gasteiger partial charge in [-0.25, -0.2) is 0 Å². The van der Waals surface area contributed by atoms with Gasteiger partial charge in [-0.05, 0) is 85.4 Å². The smallest absolute Gasteiger partial charge is 0.264 e. The second-order valence-electron chi connectivity index (χ2n) is 14.5. The van der Waals surface area contributed by atoms with E-state index in [0.29, 0.717) is 38.8 Å². The normalized spacial score (nSPS) is 22.1. The SMILES string of the molecule is CC1(C)/C(=C/C=C2/CCCC(/C=C/C3N(CCCCS(=O)(=O)O)c4ccccc4C3(C)C)=C2Cl)N(CCCCS(=O)(=O)O)c2ccccc21. The molecule has 266 valence electrons. The van der Waals surface area contributed by atoms with Gasteiger partial charge in [-0.2, -0.15) is 16.8 Å². The number of unbranched alkanes of at least 4 members (excludes halogenated alkanes) is 2. The minimum absolute atomic E-state index is 0.0382. The molecule has 49 heavy (non-hydrogen) atoms. The van der Waals surface area contributed by atoms with Crippen LogP contribution in [0.5, 0.6) is 0 Å². The topological polar surface area (TPSA) is 115 Å². The molecule has 0 spiro atoms. The second-order valence-corrected chi connectivity index (χ2v) is 18.0. The van der Waals surface area contributed by atoms with Crippen molar-refractivity contribution in [2.24, 2.45) is 0 Å². The van der Waals surface area contributed by atoms with Crippen molar-refractivity contribution in [1.29, 1.82) is 0 Å². The van der Waals surface area contributed by atoms with Gasteiger partial charge in [-0.15, -0.1) is 0 Å². The Bertz CT molecular complexity index is 1890. The zero-order valence-corrected chi connectivity index (χ0v) is 31.3. The fourth-order valence-electron chi connectivity index (χ4n) is 7.67. The minimum atomic E-state index is -4.00. The molecule has 0 saturated carbocycles. The lowest BCUT2D eigenvalue weighted by atomic mass is 9.80. The molecule has 3 aliphatic rings. The monoisotopic (exact) mass is 728 g/mol.